The zero-order chi connectivity index (χ0) is 13.9. The lowest BCUT2D eigenvalue weighted by Gasteiger charge is -2.20. The van der Waals surface area contributed by atoms with Gasteiger partial charge in [-0.2, -0.15) is 0 Å². The first-order valence-corrected chi connectivity index (χ1v) is 7.94. The van der Waals surface area contributed by atoms with Crippen molar-refractivity contribution in [2.24, 2.45) is 0 Å². The van der Waals surface area contributed by atoms with Crippen LogP contribution >= 0.6 is 11.8 Å². The summed E-state index contributed by atoms with van der Waals surface area (Å²) in [6.45, 7) is 5.05. The maximum atomic E-state index is 5.51. The van der Waals surface area contributed by atoms with Gasteiger partial charge in [-0.05, 0) is 30.5 Å². The molecule has 0 spiro atoms. The molecular formula is C15H19N3OS. The zero-order valence-corrected chi connectivity index (χ0v) is 12.6. The molecule has 2 atom stereocenters. The zero-order valence-electron chi connectivity index (χ0n) is 11.8. The van der Waals surface area contributed by atoms with Gasteiger partial charge in [-0.1, -0.05) is 43.0 Å². The van der Waals surface area contributed by atoms with Crippen LogP contribution in [0.15, 0.2) is 33.9 Å². The average molecular weight is 289 g/mol. The van der Waals surface area contributed by atoms with Crippen molar-refractivity contribution in [1.82, 2.24) is 15.5 Å². The molecule has 0 amide bonds. The first-order chi connectivity index (χ1) is 9.78. The van der Waals surface area contributed by atoms with E-state index in [1.807, 2.05) is 6.92 Å². The number of rotatable bonds is 5. The van der Waals surface area contributed by atoms with E-state index in [1.54, 1.807) is 11.8 Å². The topological polar surface area (TPSA) is 51.0 Å². The van der Waals surface area contributed by atoms with Crippen molar-refractivity contribution in [3.8, 4) is 0 Å². The maximum absolute atomic E-state index is 5.51. The second-order valence-corrected chi connectivity index (χ2v) is 6.27. The lowest BCUT2D eigenvalue weighted by Crippen LogP contribution is -2.27. The van der Waals surface area contributed by atoms with Crippen LogP contribution in [-0.4, -0.2) is 22.0 Å². The summed E-state index contributed by atoms with van der Waals surface area (Å²) in [6.07, 6.45) is 2.18. The van der Waals surface area contributed by atoms with Gasteiger partial charge in [-0.15, -0.1) is 10.2 Å². The van der Waals surface area contributed by atoms with E-state index in [4.69, 9.17) is 4.42 Å². The van der Waals surface area contributed by atoms with Gasteiger partial charge in [0.2, 0.25) is 5.89 Å². The number of nitrogens with zero attached hydrogens (tertiary/aromatic N) is 2. The Morgan fingerprint density at radius 3 is 2.95 bits per heavy atom. The Kier molecular flexibility index (Phi) is 4.08. The van der Waals surface area contributed by atoms with E-state index >= 15 is 0 Å². The molecule has 2 aromatic rings. The molecule has 1 aliphatic carbocycles. The van der Waals surface area contributed by atoms with Gasteiger partial charge in [0.15, 0.2) is 0 Å². The average Bonchev–Trinajstić information content (AvgIpc) is 3.00. The van der Waals surface area contributed by atoms with Crippen molar-refractivity contribution >= 4 is 11.8 Å². The lowest BCUT2D eigenvalue weighted by molar-refractivity contribution is 0.426. The molecule has 0 bridgehead atoms. The number of aryl methyl sites for hydroxylation is 1. The van der Waals surface area contributed by atoms with Crippen LogP contribution < -0.4 is 5.32 Å². The number of fused-ring (bicyclic) bond motifs is 1. The highest BCUT2D eigenvalue weighted by atomic mass is 32.2. The molecule has 3 rings (SSSR count). The van der Waals surface area contributed by atoms with Crippen LogP contribution in [0.1, 0.15) is 36.4 Å². The summed E-state index contributed by atoms with van der Waals surface area (Å²) in [7, 11) is 0. The van der Waals surface area contributed by atoms with Gasteiger partial charge < -0.3 is 9.73 Å². The van der Waals surface area contributed by atoms with Crippen LogP contribution in [0.4, 0.5) is 0 Å². The summed E-state index contributed by atoms with van der Waals surface area (Å²) in [6, 6.07) is 9.03. The summed E-state index contributed by atoms with van der Waals surface area (Å²) < 4.78 is 5.51. The highest BCUT2D eigenvalue weighted by molar-refractivity contribution is 7.99. The van der Waals surface area contributed by atoms with E-state index < -0.39 is 0 Å². The number of benzene rings is 1. The molecule has 106 valence electrons. The molecule has 1 N–H and O–H groups in total. The van der Waals surface area contributed by atoms with Crippen molar-refractivity contribution < 1.29 is 4.42 Å². The van der Waals surface area contributed by atoms with Crippen molar-refractivity contribution in [1.29, 1.82) is 0 Å². The Morgan fingerprint density at radius 2 is 2.20 bits per heavy atom. The number of aromatic nitrogens is 2. The van der Waals surface area contributed by atoms with Crippen LogP contribution in [0.5, 0.6) is 0 Å². The Balaban J connectivity index is 1.79. The van der Waals surface area contributed by atoms with Crippen LogP contribution in [0.3, 0.4) is 0 Å². The molecule has 20 heavy (non-hydrogen) atoms. The molecule has 4 nitrogen and oxygen atoms in total. The summed E-state index contributed by atoms with van der Waals surface area (Å²) in [5, 5.41) is 12.8. The van der Waals surface area contributed by atoms with Crippen LogP contribution in [0.2, 0.25) is 0 Å². The van der Waals surface area contributed by atoms with Gasteiger partial charge >= 0.3 is 0 Å². The van der Waals surface area contributed by atoms with Crippen molar-refractivity contribution in [3.63, 3.8) is 0 Å². The minimum Gasteiger partial charge on any atom is -0.416 e. The number of nitrogens with one attached hydrogen (secondary N) is 1. The van der Waals surface area contributed by atoms with Gasteiger partial charge in [-0.25, -0.2) is 0 Å². The molecule has 0 radical (unpaired) electrons. The quantitative estimate of drug-likeness (QED) is 0.916. The van der Waals surface area contributed by atoms with Crippen LogP contribution in [-0.2, 0) is 6.42 Å². The van der Waals surface area contributed by atoms with Crippen molar-refractivity contribution in [3.05, 3.63) is 41.3 Å². The fourth-order valence-corrected chi connectivity index (χ4v) is 3.82. The third-order valence-electron chi connectivity index (χ3n) is 3.56. The van der Waals surface area contributed by atoms with E-state index in [1.165, 1.54) is 11.1 Å². The third-order valence-corrected chi connectivity index (χ3v) is 4.67. The first-order valence-electron chi connectivity index (χ1n) is 7.06. The molecule has 1 aromatic carbocycles. The monoisotopic (exact) mass is 289 g/mol. The summed E-state index contributed by atoms with van der Waals surface area (Å²) in [5.74, 6) is 0.626. The molecular weight excluding hydrogens is 270 g/mol. The molecule has 1 aromatic heterocycles. The van der Waals surface area contributed by atoms with Crippen LogP contribution in [0, 0.1) is 6.92 Å². The van der Waals surface area contributed by atoms with E-state index in [-0.39, 0.29) is 0 Å². The maximum Gasteiger partial charge on any atom is 0.276 e. The fraction of sp³-hybridized carbons (Fsp3) is 0.467. The smallest absolute Gasteiger partial charge is 0.276 e. The van der Waals surface area contributed by atoms with Gasteiger partial charge in [0, 0.05) is 18.2 Å². The molecule has 2 unspecified atom stereocenters. The van der Waals surface area contributed by atoms with Gasteiger partial charge in [0.1, 0.15) is 0 Å². The van der Waals surface area contributed by atoms with Crippen LogP contribution in [0.25, 0.3) is 0 Å². The highest BCUT2D eigenvalue weighted by Gasteiger charge is 2.33. The standard InChI is InChI=1S/C15H19N3OS/c1-3-8-16-14-12-7-5-4-6-11(12)9-13(14)20-15-18-17-10(2)19-15/h4-7,13-14,16H,3,8-9H2,1-2H3. The number of hydrogen-bond donors (Lipinski definition) is 1. The Morgan fingerprint density at radius 1 is 1.35 bits per heavy atom. The SMILES string of the molecule is CCCNC1c2ccccc2CC1Sc1nnc(C)o1. The second-order valence-electron chi connectivity index (χ2n) is 5.08. The molecule has 0 fully saturated rings. The van der Waals surface area contributed by atoms with E-state index in [0.29, 0.717) is 22.4 Å². The predicted molar refractivity (Wildman–Crippen MR) is 79.9 cm³/mol. The Labute approximate surface area is 123 Å². The number of hydrogen-bond acceptors (Lipinski definition) is 5. The molecule has 5 heteroatoms. The molecule has 0 saturated carbocycles. The van der Waals surface area contributed by atoms with Gasteiger partial charge in [-0.3, -0.25) is 0 Å². The second kappa shape index (κ2) is 5.97. The highest BCUT2D eigenvalue weighted by Crippen LogP contribution is 2.40. The first kappa shape index (κ1) is 13.6. The molecule has 1 aliphatic rings. The third kappa shape index (κ3) is 2.74. The fourth-order valence-electron chi connectivity index (χ4n) is 2.66. The molecule has 0 saturated heterocycles. The van der Waals surface area contributed by atoms with E-state index in [0.717, 1.165) is 19.4 Å². The summed E-state index contributed by atoms with van der Waals surface area (Å²) >= 11 is 1.68. The van der Waals surface area contributed by atoms with Gasteiger partial charge in [0.05, 0.1) is 0 Å². The summed E-state index contributed by atoms with van der Waals surface area (Å²) in [5.41, 5.74) is 2.84. The largest absolute Gasteiger partial charge is 0.416 e. The predicted octanol–water partition coefficient (Wildman–Crippen LogP) is 3.14. The van der Waals surface area contributed by atoms with Gasteiger partial charge in [0.25, 0.3) is 5.22 Å². The van der Waals surface area contributed by atoms with Crippen molar-refractivity contribution in [2.45, 2.75) is 43.2 Å². The lowest BCUT2D eigenvalue weighted by atomic mass is 10.1. The Hall–Kier alpha value is -1.33. The molecule has 1 heterocycles. The minimum absolute atomic E-state index is 0.364. The number of thioether (sulfide) groups is 1. The minimum atomic E-state index is 0.364. The van der Waals surface area contributed by atoms with E-state index in [2.05, 4.69) is 46.7 Å². The Bertz CT molecular complexity index is 584. The summed E-state index contributed by atoms with van der Waals surface area (Å²) in [4.78, 5) is 0. The molecule has 0 aliphatic heterocycles. The van der Waals surface area contributed by atoms with E-state index in [9.17, 15) is 0 Å². The van der Waals surface area contributed by atoms with Crippen molar-refractivity contribution in [2.75, 3.05) is 6.54 Å². The normalized spacial score (nSPS) is 21.1.